The van der Waals surface area contributed by atoms with Gasteiger partial charge in [-0.15, -0.1) is 0 Å². The van der Waals surface area contributed by atoms with E-state index in [1.54, 1.807) is 0 Å². The van der Waals surface area contributed by atoms with E-state index >= 15 is 0 Å². The highest BCUT2D eigenvalue weighted by atomic mass is 31.2. The highest BCUT2D eigenvalue weighted by Crippen LogP contribution is 2.47. The molecular weight excluding hydrogens is 393 g/mol. The molecular formula is C29H30NP. The minimum Gasteiger partial charge on any atom is -0.286 e. The van der Waals surface area contributed by atoms with Crippen LogP contribution in [0.15, 0.2) is 126 Å². The largest absolute Gasteiger partial charge is 0.286 e. The second-order valence-corrected chi connectivity index (χ2v) is 10.9. The third kappa shape index (κ3) is 4.89. The van der Waals surface area contributed by atoms with Crippen molar-refractivity contribution in [1.82, 2.24) is 0 Å². The molecule has 0 fully saturated rings. The van der Waals surface area contributed by atoms with E-state index in [4.69, 9.17) is 4.74 Å². The molecule has 4 aromatic rings. The quantitative estimate of drug-likeness (QED) is 0.284. The van der Waals surface area contributed by atoms with Crippen LogP contribution in [0.2, 0.25) is 0 Å². The summed E-state index contributed by atoms with van der Waals surface area (Å²) in [6, 6.07) is 43.9. The minimum absolute atomic E-state index is 0.265. The molecule has 0 saturated heterocycles. The lowest BCUT2D eigenvalue weighted by atomic mass is 10.0. The summed E-state index contributed by atoms with van der Waals surface area (Å²) in [4.78, 5) is 0. The third-order valence-electron chi connectivity index (χ3n) is 5.66. The maximum atomic E-state index is 5.81. The molecule has 156 valence electrons. The van der Waals surface area contributed by atoms with Gasteiger partial charge in [0.2, 0.25) is 0 Å². The molecule has 4 aromatic carbocycles. The Labute approximate surface area is 186 Å². The van der Waals surface area contributed by atoms with Gasteiger partial charge in [0.1, 0.15) is 0 Å². The van der Waals surface area contributed by atoms with Gasteiger partial charge in [-0.25, -0.2) is 0 Å². The van der Waals surface area contributed by atoms with Crippen molar-refractivity contribution in [3.63, 3.8) is 0 Å². The smallest absolute Gasteiger partial charge is 0.0551 e. The van der Waals surface area contributed by atoms with Gasteiger partial charge < -0.3 is 0 Å². The van der Waals surface area contributed by atoms with E-state index < -0.39 is 7.05 Å². The first-order valence-corrected chi connectivity index (χ1v) is 12.9. The Kier molecular flexibility index (Phi) is 7.18. The van der Waals surface area contributed by atoms with Gasteiger partial charge in [0.05, 0.1) is 13.1 Å². The maximum Gasteiger partial charge on any atom is 0.0551 e. The average molecular weight is 424 g/mol. The van der Waals surface area contributed by atoms with Gasteiger partial charge in [0.15, 0.2) is 0 Å². The van der Waals surface area contributed by atoms with E-state index in [2.05, 4.69) is 128 Å². The summed E-state index contributed by atoms with van der Waals surface area (Å²) in [5, 5.41) is 3.96. The Morgan fingerprint density at radius 1 is 0.581 bits per heavy atom. The molecule has 31 heavy (non-hydrogen) atoms. The predicted octanol–water partition coefficient (Wildman–Crippen LogP) is 6.58. The molecule has 0 bridgehead atoms. The van der Waals surface area contributed by atoms with Crippen molar-refractivity contribution in [3.8, 4) is 0 Å². The summed E-state index contributed by atoms with van der Waals surface area (Å²) in [7, 11) is -2.15. The molecule has 0 aliphatic rings. The van der Waals surface area contributed by atoms with Crippen molar-refractivity contribution < 1.29 is 0 Å². The summed E-state index contributed by atoms with van der Waals surface area (Å²) >= 11 is 0. The van der Waals surface area contributed by atoms with Crippen LogP contribution in [0.1, 0.15) is 25.3 Å². The first kappa shape index (κ1) is 21.3. The number of rotatable bonds is 8. The zero-order valence-corrected chi connectivity index (χ0v) is 19.0. The van der Waals surface area contributed by atoms with Gasteiger partial charge in [0, 0.05) is 15.9 Å². The molecule has 0 amide bonds. The van der Waals surface area contributed by atoms with Crippen LogP contribution in [0.3, 0.4) is 0 Å². The number of hydrogen-bond acceptors (Lipinski definition) is 1. The molecule has 1 nitrogen and oxygen atoms in total. The molecule has 4 rings (SSSR count). The lowest BCUT2D eigenvalue weighted by molar-refractivity contribution is 0.608. The molecule has 0 heterocycles. The minimum atomic E-state index is -2.15. The van der Waals surface area contributed by atoms with E-state index in [9.17, 15) is 0 Å². The molecule has 0 aliphatic heterocycles. The van der Waals surface area contributed by atoms with E-state index in [0.717, 1.165) is 19.3 Å². The van der Waals surface area contributed by atoms with Crippen LogP contribution < -0.4 is 15.9 Å². The van der Waals surface area contributed by atoms with Gasteiger partial charge in [0.25, 0.3) is 0 Å². The molecule has 0 aliphatic carbocycles. The van der Waals surface area contributed by atoms with E-state index in [1.807, 2.05) is 0 Å². The first-order chi connectivity index (χ1) is 15.3. The van der Waals surface area contributed by atoms with Gasteiger partial charge in [-0.05, 0) is 18.4 Å². The average Bonchev–Trinajstić information content (AvgIpc) is 2.85. The Balaban J connectivity index is 1.98. The SMILES string of the molecule is CCCC(Cc1ccccc1)N=P(c1ccccc1)(c1ccccc1)c1ccccc1. The fraction of sp³-hybridized carbons (Fsp3) is 0.172. The molecule has 0 radical (unpaired) electrons. The van der Waals surface area contributed by atoms with Crippen LogP contribution in [0.4, 0.5) is 0 Å². The van der Waals surface area contributed by atoms with Gasteiger partial charge >= 0.3 is 0 Å². The normalized spacial score (nSPS) is 12.3. The second kappa shape index (κ2) is 10.4. The van der Waals surface area contributed by atoms with Crippen LogP contribution in [0.5, 0.6) is 0 Å². The summed E-state index contributed by atoms with van der Waals surface area (Å²) in [6.07, 6.45) is 3.19. The predicted molar refractivity (Wildman–Crippen MR) is 136 cm³/mol. The van der Waals surface area contributed by atoms with Crippen LogP contribution >= 0.6 is 7.05 Å². The molecule has 0 aromatic heterocycles. The van der Waals surface area contributed by atoms with Crippen LogP contribution in [-0.4, -0.2) is 6.04 Å². The number of hydrogen-bond donors (Lipinski definition) is 0. The van der Waals surface area contributed by atoms with Gasteiger partial charge in [-0.3, -0.25) is 4.74 Å². The standard InChI is InChI=1S/C29H30NP/c1-2-15-26(24-25-16-7-3-8-17-25)30-31(27-18-9-4-10-19-27,28-20-11-5-12-21-28)29-22-13-6-14-23-29/h3-14,16-23,26H,2,15,24H2,1H3. The number of benzene rings is 4. The topological polar surface area (TPSA) is 12.4 Å². The first-order valence-electron chi connectivity index (χ1n) is 11.1. The Morgan fingerprint density at radius 2 is 0.968 bits per heavy atom. The zero-order chi connectivity index (χ0) is 21.4. The molecule has 2 heteroatoms. The summed E-state index contributed by atoms with van der Waals surface area (Å²) in [5.74, 6) is 0. The van der Waals surface area contributed by atoms with Crippen molar-refractivity contribution in [2.75, 3.05) is 0 Å². The lowest BCUT2D eigenvalue weighted by Crippen LogP contribution is -2.27. The van der Waals surface area contributed by atoms with Crippen molar-refractivity contribution >= 4 is 23.0 Å². The lowest BCUT2D eigenvalue weighted by Gasteiger charge is -2.29. The van der Waals surface area contributed by atoms with Crippen LogP contribution in [-0.2, 0) is 6.42 Å². The summed E-state index contributed by atoms with van der Waals surface area (Å²) in [5.41, 5.74) is 1.36. The molecule has 1 unspecified atom stereocenters. The molecule has 0 N–H and O–H groups in total. The Bertz CT molecular complexity index is 1000. The van der Waals surface area contributed by atoms with Crippen molar-refractivity contribution in [1.29, 1.82) is 0 Å². The van der Waals surface area contributed by atoms with Crippen molar-refractivity contribution in [2.45, 2.75) is 32.2 Å². The maximum absolute atomic E-state index is 5.81. The van der Waals surface area contributed by atoms with Gasteiger partial charge in [-0.2, -0.15) is 0 Å². The van der Waals surface area contributed by atoms with Crippen LogP contribution in [0.25, 0.3) is 0 Å². The van der Waals surface area contributed by atoms with E-state index in [1.165, 1.54) is 21.5 Å². The van der Waals surface area contributed by atoms with E-state index in [0.29, 0.717) is 0 Å². The zero-order valence-electron chi connectivity index (χ0n) is 18.1. The van der Waals surface area contributed by atoms with E-state index in [-0.39, 0.29) is 6.04 Å². The monoisotopic (exact) mass is 423 g/mol. The summed E-state index contributed by atoms with van der Waals surface area (Å²) < 4.78 is 5.81. The van der Waals surface area contributed by atoms with Gasteiger partial charge in [-0.1, -0.05) is 135 Å². The van der Waals surface area contributed by atoms with Crippen LogP contribution in [0, 0.1) is 0 Å². The van der Waals surface area contributed by atoms with Crippen molar-refractivity contribution in [3.05, 3.63) is 127 Å². The molecule has 1 atom stereocenters. The Hall–Kier alpha value is -2.89. The highest BCUT2D eigenvalue weighted by Gasteiger charge is 2.28. The fourth-order valence-electron chi connectivity index (χ4n) is 4.24. The second-order valence-electron chi connectivity index (χ2n) is 7.89. The molecule has 0 saturated carbocycles. The summed E-state index contributed by atoms with van der Waals surface area (Å²) in [6.45, 7) is 2.27. The fourth-order valence-corrected chi connectivity index (χ4v) is 8.04. The molecule has 0 spiro atoms. The van der Waals surface area contributed by atoms with Crippen molar-refractivity contribution in [2.24, 2.45) is 4.74 Å². The Morgan fingerprint density at radius 3 is 1.35 bits per heavy atom. The number of nitrogens with zero attached hydrogens (tertiary/aromatic N) is 1. The highest BCUT2D eigenvalue weighted by molar-refractivity contribution is 7.87. The third-order valence-corrected chi connectivity index (χ3v) is 9.47.